The van der Waals surface area contributed by atoms with Crippen LogP contribution in [0.5, 0.6) is 0 Å². The molecule has 26 heavy (non-hydrogen) atoms. The van der Waals surface area contributed by atoms with E-state index in [0.29, 0.717) is 0 Å². The molecule has 1 saturated heterocycles. The van der Waals surface area contributed by atoms with Crippen LogP contribution in [0.25, 0.3) is 6.08 Å². The Morgan fingerprint density at radius 1 is 1.35 bits per heavy atom. The summed E-state index contributed by atoms with van der Waals surface area (Å²) in [5, 5.41) is 19.1. The van der Waals surface area contributed by atoms with Crippen LogP contribution in [-0.4, -0.2) is 43.5 Å². The molecule has 0 radical (unpaired) electrons. The van der Waals surface area contributed by atoms with Crippen molar-refractivity contribution in [2.45, 2.75) is 57.4 Å². The lowest BCUT2D eigenvalue weighted by atomic mass is 10.0. The van der Waals surface area contributed by atoms with Crippen molar-refractivity contribution in [2.24, 2.45) is 10.8 Å². The van der Waals surface area contributed by atoms with Crippen LogP contribution in [0.3, 0.4) is 0 Å². The second-order valence-corrected chi connectivity index (χ2v) is 8.76. The van der Waals surface area contributed by atoms with E-state index in [1.165, 1.54) is 10.8 Å². The Bertz CT molecular complexity index is 840. The first-order valence-corrected chi connectivity index (χ1v) is 9.02. The number of nitrogens with one attached hydrogen (secondary N) is 1. The number of allylic oxidation sites excluding steroid dienone is 1. The average molecular weight is 385 g/mol. The maximum Gasteiger partial charge on any atom is 0.330 e. The van der Waals surface area contributed by atoms with Crippen LogP contribution in [0.4, 0.5) is 0 Å². The molecule has 3 N–H and O–H groups in total. The number of aromatic nitrogens is 2. The topological polar surface area (TPSA) is 105 Å². The summed E-state index contributed by atoms with van der Waals surface area (Å²) >= 11 is 6.73. The molecule has 0 bridgehead atoms. The highest BCUT2D eigenvalue weighted by atomic mass is 35.5. The summed E-state index contributed by atoms with van der Waals surface area (Å²) in [6, 6.07) is 0. The number of ether oxygens (including phenoxy) is 1. The van der Waals surface area contributed by atoms with Crippen LogP contribution in [0.1, 0.15) is 45.9 Å². The molecule has 8 heteroatoms. The van der Waals surface area contributed by atoms with E-state index in [9.17, 15) is 19.8 Å². The Balaban J connectivity index is 1.92. The van der Waals surface area contributed by atoms with Gasteiger partial charge in [-0.2, -0.15) is 0 Å². The summed E-state index contributed by atoms with van der Waals surface area (Å²) in [6.07, 6.45) is 2.59. The van der Waals surface area contributed by atoms with E-state index in [1.807, 2.05) is 0 Å². The first-order valence-electron chi connectivity index (χ1n) is 8.64. The Kier molecular flexibility index (Phi) is 4.51. The number of aromatic amines is 1. The van der Waals surface area contributed by atoms with Crippen molar-refractivity contribution in [3.05, 3.63) is 38.7 Å². The highest BCUT2D eigenvalue weighted by molar-refractivity contribution is 6.29. The fourth-order valence-electron chi connectivity index (χ4n) is 3.79. The molecule has 0 unspecified atom stereocenters. The predicted molar refractivity (Wildman–Crippen MR) is 98.1 cm³/mol. The van der Waals surface area contributed by atoms with Gasteiger partial charge < -0.3 is 14.9 Å². The molecule has 2 fully saturated rings. The van der Waals surface area contributed by atoms with Gasteiger partial charge in [0, 0.05) is 12.6 Å². The number of rotatable bonds is 4. The molecule has 2 aliphatic rings. The Hall–Kier alpha value is -1.41. The zero-order valence-corrected chi connectivity index (χ0v) is 16.1. The molecule has 0 aromatic carbocycles. The number of nitrogens with zero attached hydrogens (tertiary/aromatic N) is 1. The third kappa shape index (κ3) is 2.60. The normalized spacial score (nSPS) is 31.4. The van der Waals surface area contributed by atoms with Gasteiger partial charge in [-0.05, 0) is 10.8 Å². The maximum absolute atomic E-state index is 12.2. The molecule has 0 spiro atoms. The van der Waals surface area contributed by atoms with E-state index in [-0.39, 0.29) is 29.4 Å². The van der Waals surface area contributed by atoms with Gasteiger partial charge in [-0.3, -0.25) is 14.3 Å². The summed E-state index contributed by atoms with van der Waals surface area (Å²) in [5.41, 5.74) is -1.14. The molecule has 0 amide bonds. The smallest absolute Gasteiger partial charge is 0.330 e. The third-order valence-electron chi connectivity index (χ3n) is 6.50. The molecule has 1 aliphatic carbocycles. The van der Waals surface area contributed by atoms with Crippen molar-refractivity contribution in [1.82, 2.24) is 9.55 Å². The number of alkyl halides is 1. The molecule has 1 aliphatic heterocycles. The Labute approximate surface area is 156 Å². The molecule has 3 atom stereocenters. The lowest BCUT2D eigenvalue weighted by molar-refractivity contribution is -0.0459. The fraction of sp³-hybridized carbons (Fsp3) is 0.667. The SMILES string of the molecule is CC1(C)C(C)(C)C1(Cl)/C=C/c1cn([C@H]2C[C@H](O)[C@@H](CO)O2)c(=O)[nH]c1=O. The summed E-state index contributed by atoms with van der Waals surface area (Å²) in [7, 11) is 0. The molecule has 3 rings (SSSR count). The van der Waals surface area contributed by atoms with Gasteiger partial charge >= 0.3 is 5.69 Å². The van der Waals surface area contributed by atoms with Gasteiger partial charge in [0.2, 0.25) is 0 Å². The fourth-order valence-corrected chi connectivity index (χ4v) is 4.28. The maximum atomic E-state index is 12.2. The molecule has 1 aromatic rings. The summed E-state index contributed by atoms with van der Waals surface area (Å²) in [4.78, 5) is 26.0. The van der Waals surface area contributed by atoms with Gasteiger partial charge in [-0.1, -0.05) is 39.8 Å². The molecule has 1 aromatic heterocycles. The molecule has 1 saturated carbocycles. The second kappa shape index (κ2) is 6.05. The van der Waals surface area contributed by atoms with Gasteiger partial charge in [0.1, 0.15) is 12.3 Å². The van der Waals surface area contributed by atoms with E-state index < -0.39 is 34.6 Å². The van der Waals surface area contributed by atoms with Crippen molar-refractivity contribution in [3.8, 4) is 0 Å². The zero-order chi connectivity index (χ0) is 19.5. The number of halogens is 1. The lowest BCUT2D eigenvalue weighted by Gasteiger charge is -2.15. The number of hydrogen-bond donors (Lipinski definition) is 3. The van der Waals surface area contributed by atoms with Gasteiger partial charge in [-0.15, -0.1) is 11.6 Å². The summed E-state index contributed by atoms with van der Waals surface area (Å²) < 4.78 is 6.73. The van der Waals surface area contributed by atoms with Crippen LogP contribution in [-0.2, 0) is 4.74 Å². The lowest BCUT2D eigenvalue weighted by Crippen LogP contribution is -2.33. The molecule has 144 valence electrons. The molecule has 2 heterocycles. The summed E-state index contributed by atoms with van der Waals surface area (Å²) in [5.74, 6) is 0. The van der Waals surface area contributed by atoms with Gasteiger partial charge in [0.15, 0.2) is 0 Å². The molecular formula is C18H25ClN2O5. The summed E-state index contributed by atoms with van der Waals surface area (Å²) in [6.45, 7) is 7.93. The van der Waals surface area contributed by atoms with Gasteiger partial charge in [-0.25, -0.2) is 4.79 Å². The van der Waals surface area contributed by atoms with Crippen molar-refractivity contribution < 1.29 is 14.9 Å². The number of hydrogen-bond acceptors (Lipinski definition) is 5. The van der Waals surface area contributed by atoms with Crippen LogP contribution < -0.4 is 11.2 Å². The Morgan fingerprint density at radius 3 is 2.46 bits per heavy atom. The number of aliphatic hydroxyl groups excluding tert-OH is 2. The third-order valence-corrected chi connectivity index (χ3v) is 7.57. The predicted octanol–water partition coefficient (Wildman–Crippen LogP) is 1.23. The average Bonchev–Trinajstić information content (AvgIpc) is 2.83. The number of aliphatic hydroxyl groups is 2. The van der Waals surface area contributed by atoms with Crippen molar-refractivity contribution in [3.63, 3.8) is 0 Å². The van der Waals surface area contributed by atoms with Gasteiger partial charge in [0.05, 0.1) is 23.1 Å². The quantitative estimate of drug-likeness (QED) is 0.677. The van der Waals surface area contributed by atoms with E-state index in [2.05, 4.69) is 32.7 Å². The minimum absolute atomic E-state index is 0.133. The number of H-pyrrole nitrogens is 1. The molecule has 7 nitrogen and oxygen atoms in total. The van der Waals surface area contributed by atoms with Gasteiger partial charge in [0.25, 0.3) is 5.56 Å². The standard InChI is InChI=1S/C18H25ClN2O5/c1-16(2)17(3,4)18(16,19)6-5-10-8-21(15(25)20-14(10)24)13-7-11(23)12(9-22)26-13/h5-6,8,11-13,22-23H,7,9H2,1-4H3,(H,20,24,25)/b6-5+/t11-,12+,13+/m0/s1. The molecular weight excluding hydrogens is 360 g/mol. The second-order valence-electron chi connectivity index (χ2n) is 8.16. The highest BCUT2D eigenvalue weighted by Crippen LogP contribution is 2.75. The monoisotopic (exact) mass is 384 g/mol. The van der Waals surface area contributed by atoms with E-state index in [1.54, 1.807) is 12.2 Å². The van der Waals surface area contributed by atoms with Crippen molar-refractivity contribution >= 4 is 17.7 Å². The van der Waals surface area contributed by atoms with E-state index in [0.717, 1.165) is 0 Å². The van der Waals surface area contributed by atoms with Crippen LogP contribution in [0.2, 0.25) is 0 Å². The van der Waals surface area contributed by atoms with Crippen LogP contribution in [0, 0.1) is 10.8 Å². The first kappa shape index (κ1) is 19.4. The van der Waals surface area contributed by atoms with Crippen LogP contribution >= 0.6 is 11.6 Å². The van der Waals surface area contributed by atoms with E-state index in [4.69, 9.17) is 16.3 Å². The minimum Gasteiger partial charge on any atom is -0.394 e. The highest BCUT2D eigenvalue weighted by Gasteiger charge is 2.75. The zero-order valence-electron chi connectivity index (χ0n) is 15.3. The largest absolute Gasteiger partial charge is 0.394 e. The Morgan fingerprint density at radius 2 is 1.96 bits per heavy atom. The van der Waals surface area contributed by atoms with E-state index >= 15 is 0 Å². The minimum atomic E-state index is -0.873. The van der Waals surface area contributed by atoms with Crippen LogP contribution in [0.15, 0.2) is 21.9 Å². The first-order chi connectivity index (χ1) is 12.0. The van der Waals surface area contributed by atoms with Crippen molar-refractivity contribution in [1.29, 1.82) is 0 Å². The van der Waals surface area contributed by atoms with Crippen molar-refractivity contribution in [2.75, 3.05) is 6.61 Å².